The second kappa shape index (κ2) is 13.3. The Morgan fingerprint density at radius 3 is 1.59 bits per heavy atom. The SMILES string of the molecule is OCC1O[C@@H](S[C@@H]2O[C@H](CO)C(O)C(n3cc(-c4ccccc4)nn3)[C@H]2O)C(O)C(n2cc(-c3cc(F)c(F)c(F)c3)nn2)[C@H]1O. The molecule has 2 aromatic heterocycles. The van der Waals surface area contributed by atoms with E-state index in [4.69, 9.17) is 9.47 Å². The van der Waals surface area contributed by atoms with E-state index < -0.39 is 90.2 Å². The van der Waals surface area contributed by atoms with Crippen molar-refractivity contribution < 1.29 is 53.3 Å². The van der Waals surface area contributed by atoms with Gasteiger partial charge in [0, 0.05) is 11.1 Å². The zero-order valence-electron chi connectivity index (χ0n) is 23.6. The smallest absolute Gasteiger partial charge is 0.194 e. The number of thioether (sulfide) groups is 1. The van der Waals surface area contributed by atoms with E-state index in [0.29, 0.717) is 17.8 Å². The van der Waals surface area contributed by atoms with Gasteiger partial charge in [-0.25, -0.2) is 22.5 Å². The quantitative estimate of drug-likeness (QED) is 0.138. The first-order chi connectivity index (χ1) is 22.1. The summed E-state index contributed by atoms with van der Waals surface area (Å²) in [4.78, 5) is 0. The van der Waals surface area contributed by atoms with Crippen molar-refractivity contribution in [2.45, 2.75) is 59.6 Å². The Bertz CT molecular complexity index is 1630. The fraction of sp³-hybridized carbons (Fsp3) is 0.429. The molecule has 2 saturated heterocycles. The third-order valence-electron chi connectivity index (χ3n) is 7.95. The molecule has 2 fully saturated rings. The Hall–Kier alpha value is -3.46. The first kappa shape index (κ1) is 32.5. The number of rotatable bonds is 8. The largest absolute Gasteiger partial charge is 0.394 e. The van der Waals surface area contributed by atoms with Crippen molar-refractivity contribution in [3.8, 4) is 22.5 Å². The average molecular weight is 667 g/mol. The molecule has 6 N–H and O–H groups in total. The highest BCUT2D eigenvalue weighted by Gasteiger charge is 2.51. The van der Waals surface area contributed by atoms with E-state index in [1.54, 1.807) is 12.1 Å². The number of hydrogen-bond acceptors (Lipinski definition) is 13. The van der Waals surface area contributed by atoms with Crippen LogP contribution in [-0.2, 0) is 9.47 Å². The number of hydrogen-bond donors (Lipinski definition) is 6. The minimum absolute atomic E-state index is 0.107. The second-order valence-electron chi connectivity index (χ2n) is 10.8. The van der Waals surface area contributed by atoms with Gasteiger partial charge in [-0.3, -0.25) is 0 Å². The number of ether oxygens (including phenoxy) is 2. The second-order valence-corrected chi connectivity index (χ2v) is 12.0. The van der Waals surface area contributed by atoms with Crippen molar-refractivity contribution in [2.75, 3.05) is 13.2 Å². The maximum atomic E-state index is 13.8. The van der Waals surface area contributed by atoms with Gasteiger partial charge < -0.3 is 40.1 Å². The van der Waals surface area contributed by atoms with Crippen LogP contribution in [0.25, 0.3) is 22.5 Å². The molecule has 0 bridgehead atoms. The third-order valence-corrected chi connectivity index (χ3v) is 9.26. The maximum Gasteiger partial charge on any atom is 0.194 e. The maximum absolute atomic E-state index is 13.8. The molecule has 2 aromatic carbocycles. The van der Waals surface area contributed by atoms with Crippen molar-refractivity contribution in [1.82, 2.24) is 30.0 Å². The summed E-state index contributed by atoms with van der Waals surface area (Å²) >= 11 is 0.756. The molecular weight excluding hydrogens is 637 g/mol. The topological polar surface area (TPSA) is 201 Å². The lowest BCUT2D eigenvalue weighted by atomic mass is 9.97. The molecule has 10 atom stereocenters. The van der Waals surface area contributed by atoms with Crippen molar-refractivity contribution in [3.63, 3.8) is 0 Å². The standard InChI is InChI=1S/C28H29F3N6O8S/c29-14-6-13(7-15(30)20(14)31)17-9-37(35-33-17)22-24(41)19(11-39)45-28(26(22)43)46-27-25(42)21(23(40)18(10-38)44-27)36-8-16(32-34-36)12-4-2-1-3-5-12/h1-9,18-19,21-28,38-43H,10-11H2/t18-,19?,21?,22?,23?,24+,25-,26?,27+,28+/m1/s1. The number of aliphatic hydroxyl groups is 6. The summed E-state index contributed by atoms with van der Waals surface area (Å²) in [5.74, 6) is -4.57. The van der Waals surface area contributed by atoms with Crippen LogP contribution in [0.1, 0.15) is 12.1 Å². The molecule has 0 saturated carbocycles. The van der Waals surface area contributed by atoms with E-state index in [2.05, 4.69) is 20.6 Å². The molecular formula is C28H29F3N6O8S. The fourth-order valence-electron chi connectivity index (χ4n) is 5.54. The molecule has 4 aromatic rings. The van der Waals surface area contributed by atoms with Crippen LogP contribution in [0.2, 0.25) is 0 Å². The number of aromatic nitrogens is 6. The van der Waals surface area contributed by atoms with Crippen LogP contribution >= 0.6 is 11.8 Å². The monoisotopic (exact) mass is 666 g/mol. The Morgan fingerprint density at radius 2 is 1.13 bits per heavy atom. The minimum atomic E-state index is -1.66. The molecule has 2 aliphatic rings. The van der Waals surface area contributed by atoms with E-state index in [-0.39, 0.29) is 11.3 Å². The van der Waals surface area contributed by atoms with Crippen molar-refractivity contribution in [2.24, 2.45) is 0 Å². The Kier molecular flexibility index (Phi) is 9.42. The van der Waals surface area contributed by atoms with Crippen LogP contribution in [0.3, 0.4) is 0 Å². The summed E-state index contributed by atoms with van der Waals surface area (Å²) < 4.78 is 55.0. The van der Waals surface area contributed by atoms with Crippen LogP contribution < -0.4 is 0 Å². The zero-order valence-corrected chi connectivity index (χ0v) is 24.4. The normalized spacial score (nSPS) is 31.7. The van der Waals surface area contributed by atoms with Crippen LogP contribution in [0, 0.1) is 17.5 Å². The highest BCUT2D eigenvalue weighted by molar-refractivity contribution is 8.00. The molecule has 246 valence electrons. The lowest BCUT2D eigenvalue weighted by Gasteiger charge is -2.46. The summed E-state index contributed by atoms with van der Waals surface area (Å²) in [5.41, 5.74) is -1.62. The molecule has 0 amide bonds. The van der Waals surface area contributed by atoms with Crippen LogP contribution in [0.4, 0.5) is 13.2 Å². The Balaban J connectivity index is 1.25. The van der Waals surface area contributed by atoms with E-state index in [9.17, 15) is 43.8 Å². The summed E-state index contributed by atoms with van der Waals surface area (Å²) in [6, 6.07) is 7.99. The molecule has 14 nitrogen and oxygen atoms in total. The minimum Gasteiger partial charge on any atom is -0.394 e. The molecule has 18 heteroatoms. The number of aliphatic hydroxyl groups excluding tert-OH is 6. The third kappa shape index (κ3) is 6.03. The lowest BCUT2D eigenvalue weighted by Crippen LogP contribution is -2.58. The molecule has 5 unspecified atom stereocenters. The van der Waals surface area contributed by atoms with Crippen molar-refractivity contribution >= 4 is 11.8 Å². The van der Waals surface area contributed by atoms with Gasteiger partial charge >= 0.3 is 0 Å². The summed E-state index contributed by atoms with van der Waals surface area (Å²) in [6.45, 7) is -1.34. The summed E-state index contributed by atoms with van der Waals surface area (Å²) in [6.07, 6.45) is -5.87. The highest BCUT2D eigenvalue weighted by Crippen LogP contribution is 2.42. The van der Waals surface area contributed by atoms with Gasteiger partial charge in [0.25, 0.3) is 0 Å². The Morgan fingerprint density at radius 1 is 0.674 bits per heavy atom. The van der Waals surface area contributed by atoms with Crippen molar-refractivity contribution in [1.29, 1.82) is 0 Å². The molecule has 6 rings (SSSR count). The Labute approximate surface area is 262 Å². The van der Waals surface area contributed by atoms with Gasteiger partial charge in [-0.2, -0.15) is 0 Å². The van der Waals surface area contributed by atoms with Crippen LogP contribution in [0.5, 0.6) is 0 Å². The molecule has 46 heavy (non-hydrogen) atoms. The van der Waals surface area contributed by atoms with E-state index >= 15 is 0 Å². The average Bonchev–Trinajstić information content (AvgIpc) is 3.74. The van der Waals surface area contributed by atoms with Gasteiger partial charge in [-0.15, -0.1) is 10.2 Å². The molecule has 0 spiro atoms. The van der Waals surface area contributed by atoms with Gasteiger partial charge in [0.1, 0.15) is 71.0 Å². The van der Waals surface area contributed by atoms with Gasteiger partial charge in [0.2, 0.25) is 0 Å². The number of halogens is 3. The molecule has 4 heterocycles. The van der Waals surface area contributed by atoms with Crippen LogP contribution in [0.15, 0.2) is 54.9 Å². The molecule has 0 radical (unpaired) electrons. The van der Waals surface area contributed by atoms with E-state index in [1.165, 1.54) is 17.1 Å². The van der Waals surface area contributed by atoms with E-state index in [1.807, 2.05) is 18.2 Å². The zero-order chi connectivity index (χ0) is 32.7. The van der Waals surface area contributed by atoms with E-state index in [0.717, 1.165) is 22.0 Å². The van der Waals surface area contributed by atoms with Gasteiger partial charge in [0.05, 0.1) is 25.6 Å². The van der Waals surface area contributed by atoms with Gasteiger partial charge in [-0.1, -0.05) is 52.5 Å². The summed E-state index contributed by atoms with van der Waals surface area (Å²) in [5, 5.41) is 80.5. The molecule has 0 aliphatic carbocycles. The number of nitrogens with zero attached hydrogens (tertiary/aromatic N) is 6. The fourth-order valence-corrected chi connectivity index (χ4v) is 6.86. The predicted molar refractivity (Wildman–Crippen MR) is 152 cm³/mol. The molecule has 2 aliphatic heterocycles. The van der Waals surface area contributed by atoms with Gasteiger partial charge in [0.15, 0.2) is 17.5 Å². The first-order valence-corrected chi connectivity index (χ1v) is 15.0. The number of benzene rings is 2. The van der Waals surface area contributed by atoms with Crippen LogP contribution in [-0.4, -0.2) is 121 Å². The lowest BCUT2D eigenvalue weighted by molar-refractivity contribution is -0.189. The first-order valence-electron chi connectivity index (χ1n) is 14.1. The predicted octanol–water partition coefficient (Wildman–Crippen LogP) is 0.0145. The van der Waals surface area contributed by atoms with Crippen molar-refractivity contribution in [3.05, 3.63) is 72.3 Å². The highest BCUT2D eigenvalue weighted by atomic mass is 32.2. The summed E-state index contributed by atoms with van der Waals surface area (Å²) in [7, 11) is 0. The van der Waals surface area contributed by atoms with Gasteiger partial charge in [-0.05, 0) is 12.1 Å².